The van der Waals surface area contributed by atoms with E-state index in [1.807, 2.05) is 5.32 Å². The maximum atomic E-state index is 13.3. The fraction of sp³-hybridized carbons (Fsp3) is 0.148. The summed E-state index contributed by atoms with van der Waals surface area (Å²) in [6, 6.07) is 10.5. The van der Waals surface area contributed by atoms with Gasteiger partial charge < -0.3 is 9.47 Å². The lowest BCUT2D eigenvalue weighted by Gasteiger charge is -2.27. The van der Waals surface area contributed by atoms with E-state index < -0.39 is 40.8 Å². The van der Waals surface area contributed by atoms with E-state index in [1.54, 1.807) is 25.1 Å². The molecule has 4 rings (SSSR count). The van der Waals surface area contributed by atoms with E-state index in [1.165, 1.54) is 18.2 Å². The molecule has 13 heteroatoms. The zero-order chi connectivity index (χ0) is 29.2. The Morgan fingerprint density at radius 3 is 2.25 bits per heavy atom. The standard InChI is InChI=1S/C27H18Cl3F3N2O5/c1-2-39-23-11-14(6-9-22(23)40-13-17-18(28)4-3-5-19(17)29)10-16-24(36)34-26(38)35(25(16)37)21-12-15(27(31,32)33)7-8-20(21)30/h3-12H,2,13H2,1H3,(H,34,36,38)/b16-10+. The number of urea groups is 1. The van der Waals surface area contributed by atoms with Crippen molar-refractivity contribution in [3.8, 4) is 11.5 Å². The highest BCUT2D eigenvalue weighted by molar-refractivity contribution is 6.42. The van der Waals surface area contributed by atoms with Crippen LogP contribution in [-0.4, -0.2) is 24.5 Å². The zero-order valence-corrected chi connectivity index (χ0v) is 22.7. The number of anilines is 1. The van der Waals surface area contributed by atoms with Gasteiger partial charge in [-0.25, -0.2) is 9.69 Å². The SMILES string of the molecule is CCOc1cc(/C=C2\C(=O)NC(=O)N(c3cc(C(F)(F)F)ccc3Cl)C2=O)ccc1OCc1c(Cl)cccc1Cl. The van der Waals surface area contributed by atoms with Crippen molar-refractivity contribution in [3.05, 3.63) is 91.9 Å². The molecule has 0 saturated carbocycles. The second-order valence-corrected chi connectivity index (χ2v) is 9.47. The van der Waals surface area contributed by atoms with E-state index >= 15 is 0 Å². The number of rotatable bonds is 7. The Labute approximate surface area is 241 Å². The van der Waals surface area contributed by atoms with Crippen LogP contribution < -0.4 is 19.7 Å². The first-order valence-corrected chi connectivity index (χ1v) is 12.6. The second-order valence-electron chi connectivity index (χ2n) is 8.25. The Balaban J connectivity index is 1.67. The lowest BCUT2D eigenvalue weighted by molar-refractivity contribution is -0.137. The summed E-state index contributed by atoms with van der Waals surface area (Å²) in [5.41, 5.74) is -1.33. The van der Waals surface area contributed by atoms with Crippen molar-refractivity contribution in [2.24, 2.45) is 0 Å². The number of nitrogens with one attached hydrogen (secondary N) is 1. The van der Waals surface area contributed by atoms with E-state index in [0.717, 1.165) is 12.1 Å². The van der Waals surface area contributed by atoms with Crippen LogP contribution in [0.5, 0.6) is 11.5 Å². The van der Waals surface area contributed by atoms with Gasteiger partial charge in [-0.1, -0.05) is 46.9 Å². The fourth-order valence-corrected chi connectivity index (χ4v) is 4.43. The van der Waals surface area contributed by atoms with Crippen molar-refractivity contribution in [1.29, 1.82) is 0 Å². The maximum absolute atomic E-state index is 13.3. The Hall–Kier alpha value is -3.73. The highest BCUT2D eigenvalue weighted by atomic mass is 35.5. The first-order chi connectivity index (χ1) is 18.9. The first kappa shape index (κ1) is 29.3. The van der Waals surface area contributed by atoms with Crippen molar-refractivity contribution in [2.75, 3.05) is 11.5 Å². The summed E-state index contributed by atoms with van der Waals surface area (Å²) in [6.07, 6.45) is -3.60. The topological polar surface area (TPSA) is 84.9 Å². The number of carbonyl (C=O) groups excluding carboxylic acids is 3. The Bertz CT molecular complexity index is 1520. The minimum absolute atomic E-state index is 0.0225. The van der Waals surface area contributed by atoms with Crippen molar-refractivity contribution in [3.63, 3.8) is 0 Å². The quantitative estimate of drug-likeness (QED) is 0.223. The van der Waals surface area contributed by atoms with Gasteiger partial charge in [0.2, 0.25) is 0 Å². The smallest absolute Gasteiger partial charge is 0.416 e. The monoisotopic (exact) mass is 612 g/mol. The molecular weight excluding hydrogens is 596 g/mol. The van der Waals surface area contributed by atoms with Crippen molar-refractivity contribution in [1.82, 2.24) is 5.32 Å². The van der Waals surface area contributed by atoms with E-state index in [9.17, 15) is 27.6 Å². The van der Waals surface area contributed by atoms with Gasteiger partial charge in [0.05, 0.1) is 22.9 Å². The average molecular weight is 614 g/mol. The molecule has 0 aromatic heterocycles. The average Bonchev–Trinajstić information content (AvgIpc) is 2.87. The number of hydrogen-bond donors (Lipinski definition) is 1. The number of ether oxygens (including phenoxy) is 2. The van der Waals surface area contributed by atoms with Crippen LogP contribution in [0.1, 0.15) is 23.6 Å². The number of hydrogen-bond acceptors (Lipinski definition) is 5. The van der Waals surface area contributed by atoms with Crippen LogP contribution >= 0.6 is 34.8 Å². The third-order valence-corrected chi connectivity index (χ3v) is 6.66. The molecule has 0 radical (unpaired) electrons. The largest absolute Gasteiger partial charge is 0.490 e. The highest BCUT2D eigenvalue weighted by Gasteiger charge is 2.39. The van der Waals surface area contributed by atoms with Gasteiger partial charge in [-0.05, 0) is 61.0 Å². The van der Waals surface area contributed by atoms with Crippen molar-refractivity contribution in [2.45, 2.75) is 19.7 Å². The Kier molecular flexibility index (Phi) is 8.62. The molecule has 208 valence electrons. The summed E-state index contributed by atoms with van der Waals surface area (Å²) in [7, 11) is 0. The number of carbonyl (C=O) groups is 3. The predicted octanol–water partition coefficient (Wildman–Crippen LogP) is 7.31. The van der Waals surface area contributed by atoms with Crippen molar-refractivity contribution >= 4 is 64.4 Å². The molecule has 0 unspecified atom stereocenters. The maximum Gasteiger partial charge on any atom is 0.416 e. The molecule has 40 heavy (non-hydrogen) atoms. The summed E-state index contributed by atoms with van der Waals surface area (Å²) in [6.45, 7) is 2.01. The summed E-state index contributed by atoms with van der Waals surface area (Å²) < 4.78 is 51.3. The van der Waals surface area contributed by atoms with E-state index in [-0.39, 0.29) is 24.0 Å². The molecule has 1 saturated heterocycles. The molecule has 7 nitrogen and oxygen atoms in total. The third-order valence-electron chi connectivity index (χ3n) is 5.63. The van der Waals surface area contributed by atoms with Crippen LogP contribution in [0.15, 0.2) is 60.2 Å². The van der Waals surface area contributed by atoms with Gasteiger partial charge in [0, 0.05) is 15.6 Å². The molecule has 3 aromatic rings. The molecule has 1 aliphatic rings. The number of benzene rings is 3. The van der Waals surface area contributed by atoms with Gasteiger partial charge in [0.1, 0.15) is 12.2 Å². The fourth-order valence-electron chi connectivity index (χ4n) is 3.73. The molecule has 0 spiro atoms. The van der Waals surface area contributed by atoms with Gasteiger partial charge in [-0.2, -0.15) is 13.2 Å². The molecule has 1 aliphatic heterocycles. The minimum atomic E-state index is -4.76. The number of barbiturate groups is 1. The number of halogens is 6. The highest BCUT2D eigenvalue weighted by Crippen LogP contribution is 2.37. The Morgan fingerprint density at radius 2 is 1.60 bits per heavy atom. The normalized spacial score (nSPS) is 14.9. The van der Waals surface area contributed by atoms with E-state index in [4.69, 9.17) is 44.3 Å². The van der Waals surface area contributed by atoms with Crippen LogP contribution in [0, 0.1) is 0 Å². The number of nitrogens with zero attached hydrogens (tertiary/aromatic N) is 1. The molecule has 4 amide bonds. The third kappa shape index (κ3) is 6.19. The second kappa shape index (κ2) is 11.8. The molecular formula is C27H18Cl3F3N2O5. The molecule has 0 atom stereocenters. The lowest BCUT2D eigenvalue weighted by Crippen LogP contribution is -2.54. The molecule has 0 bridgehead atoms. The predicted molar refractivity (Wildman–Crippen MR) is 144 cm³/mol. The minimum Gasteiger partial charge on any atom is -0.490 e. The van der Waals surface area contributed by atoms with Gasteiger partial charge in [0.15, 0.2) is 11.5 Å². The number of amides is 4. The summed E-state index contributed by atoms with van der Waals surface area (Å²) in [4.78, 5) is 38.7. The van der Waals surface area contributed by atoms with E-state index in [0.29, 0.717) is 44.0 Å². The van der Waals surface area contributed by atoms with E-state index in [2.05, 4.69) is 0 Å². The summed E-state index contributed by atoms with van der Waals surface area (Å²) in [5.74, 6) is -1.63. The van der Waals surface area contributed by atoms with Crippen LogP contribution in [0.25, 0.3) is 6.08 Å². The number of imide groups is 2. The van der Waals surface area contributed by atoms with Gasteiger partial charge >= 0.3 is 12.2 Å². The van der Waals surface area contributed by atoms with Crippen LogP contribution in [-0.2, 0) is 22.4 Å². The first-order valence-electron chi connectivity index (χ1n) is 11.5. The van der Waals surface area contributed by atoms with Gasteiger partial charge in [-0.3, -0.25) is 14.9 Å². The Morgan fingerprint density at radius 1 is 0.900 bits per heavy atom. The van der Waals surface area contributed by atoms with Crippen LogP contribution in [0.2, 0.25) is 15.1 Å². The summed E-state index contributed by atoms with van der Waals surface area (Å²) in [5, 5.41) is 2.47. The molecule has 1 N–H and O–H groups in total. The lowest BCUT2D eigenvalue weighted by atomic mass is 10.1. The summed E-state index contributed by atoms with van der Waals surface area (Å²) >= 11 is 18.4. The van der Waals surface area contributed by atoms with Crippen molar-refractivity contribution < 1.29 is 37.0 Å². The molecule has 1 heterocycles. The number of alkyl halides is 3. The molecule has 0 aliphatic carbocycles. The molecule has 1 fully saturated rings. The molecule has 3 aromatic carbocycles. The van der Waals surface area contributed by atoms with Crippen LogP contribution in [0.3, 0.4) is 0 Å². The van der Waals surface area contributed by atoms with Crippen LogP contribution in [0.4, 0.5) is 23.7 Å². The van der Waals surface area contributed by atoms with Gasteiger partial charge in [0.25, 0.3) is 11.8 Å². The zero-order valence-electron chi connectivity index (χ0n) is 20.4. The van der Waals surface area contributed by atoms with Gasteiger partial charge in [-0.15, -0.1) is 0 Å².